The Hall–Kier alpha value is -1.13. The lowest BCUT2D eigenvalue weighted by Crippen LogP contribution is -2.25. The van der Waals surface area contributed by atoms with Gasteiger partial charge in [-0.25, -0.2) is 4.98 Å². The summed E-state index contributed by atoms with van der Waals surface area (Å²) in [5.41, 5.74) is 2.44. The van der Waals surface area contributed by atoms with Crippen LogP contribution in [0.1, 0.15) is 39.0 Å². The van der Waals surface area contributed by atoms with Crippen molar-refractivity contribution < 1.29 is 4.74 Å². The summed E-state index contributed by atoms with van der Waals surface area (Å²) in [6.45, 7) is 11.9. The van der Waals surface area contributed by atoms with Gasteiger partial charge in [-0.15, -0.1) is 0 Å². The Labute approximate surface area is 123 Å². The van der Waals surface area contributed by atoms with Gasteiger partial charge in [-0.05, 0) is 44.5 Å². The summed E-state index contributed by atoms with van der Waals surface area (Å²) >= 11 is 0. The molecule has 0 saturated heterocycles. The van der Waals surface area contributed by atoms with Gasteiger partial charge in [0, 0.05) is 25.8 Å². The number of pyridine rings is 1. The van der Waals surface area contributed by atoms with Crippen molar-refractivity contribution in [2.24, 2.45) is 0 Å². The van der Waals surface area contributed by atoms with Gasteiger partial charge in [0.1, 0.15) is 5.82 Å². The Kier molecular flexibility index (Phi) is 7.55. The average Bonchev–Trinajstić information content (AvgIpc) is 2.44. The summed E-state index contributed by atoms with van der Waals surface area (Å²) in [5.74, 6) is 1.03. The Morgan fingerprint density at radius 1 is 1.30 bits per heavy atom. The Morgan fingerprint density at radius 3 is 2.65 bits per heavy atom. The number of aryl methyl sites for hydroxylation is 1. The first kappa shape index (κ1) is 16.9. The van der Waals surface area contributed by atoms with Crippen LogP contribution in [0, 0.1) is 0 Å². The maximum absolute atomic E-state index is 5.60. The van der Waals surface area contributed by atoms with Crippen LogP contribution < -0.4 is 10.2 Å². The molecular formula is C16H29N3O. The second kappa shape index (κ2) is 8.93. The zero-order valence-corrected chi connectivity index (χ0v) is 13.6. The van der Waals surface area contributed by atoms with Crippen molar-refractivity contribution >= 4 is 5.82 Å². The third-order valence-corrected chi connectivity index (χ3v) is 3.13. The summed E-state index contributed by atoms with van der Waals surface area (Å²) in [6, 6.07) is 4.35. The molecule has 4 heteroatoms. The third-order valence-electron chi connectivity index (χ3n) is 3.13. The molecule has 0 unspecified atom stereocenters. The second-order valence-corrected chi connectivity index (χ2v) is 5.30. The van der Waals surface area contributed by atoms with Gasteiger partial charge in [-0.2, -0.15) is 0 Å². The molecule has 0 amide bonds. The smallest absolute Gasteiger partial charge is 0.128 e. The van der Waals surface area contributed by atoms with Gasteiger partial charge in [0.2, 0.25) is 0 Å². The molecule has 1 aromatic rings. The number of ether oxygens (including phenoxy) is 1. The van der Waals surface area contributed by atoms with Crippen molar-refractivity contribution in [1.29, 1.82) is 0 Å². The lowest BCUT2D eigenvalue weighted by atomic mass is 10.2. The van der Waals surface area contributed by atoms with E-state index in [4.69, 9.17) is 9.72 Å². The highest BCUT2D eigenvalue weighted by Crippen LogP contribution is 2.14. The molecule has 0 aliphatic rings. The van der Waals surface area contributed by atoms with Crippen LogP contribution in [0.3, 0.4) is 0 Å². The maximum Gasteiger partial charge on any atom is 0.128 e. The molecule has 0 saturated carbocycles. The van der Waals surface area contributed by atoms with E-state index in [1.54, 1.807) is 0 Å². The van der Waals surface area contributed by atoms with Crippen LogP contribution >= 0.6 is 0 Å². The predicted octanol–water partition coefficient (Wildman–Crippen LogP) is 2.61. The molecule has 0 aromatic carbocycles. The SMILES string of the molecule is CCNCc1cc(CC)nc(N(C)CCOC(C)C)c1. The Morgan fingerprint density at radius 2 is 2.05 bits per heavy atom. The van der Waals surface area contributed by atoms with Gasteiger partial charge in [0.25, 0.3) is 0 Å². The number of aromatic nitrogens is 1. The highest BCUT2D eigenvalue weighted by Gasteiger charge is 2.07. The first-order valence-corrected chi connectivity index (χ1v) is 7.60. The summed E-state index contributed by atoms with van der Waals surface area (Å²) in [5, 5.41) is 3.37. The predicted molar refractivity (Wildman–Crippen MR) is 85.4 cm³/mol. The van der Waals surface area contributed by atoms with Crippen LogP contribution in [0.4, 0.5) is 5.82 Å². The topological polar surface area (TPSA) is 37.4 Å². The van der Waals surface area contributed by atoms with Crippen LogP contribution in [-0.2, 0) is 17.7 Å². The second-order valence-electron chi connectivity index (χ2n) is 5.30. The number of hydrogen-bond donors (Lipinski definition) is 1. The maximum atomic E-state index is 5.60. The monoisotopic (exact) mass is 279 g/mol. The molecule has 0 radical (unpaired) electrons. The molecule has 1 N–H and O–H groups in total. The van der Waals surface area contributed by atoms with E-state index in [-0.39, 0.29) is 6.10 Å². The fraction of sp³-hybridized carbons (Fsp3) is 0.688. The molecule has 114 valence electrons. The molecule has 0 spiro atoms. The molecule has 0 aliphatic carbocycles. The zero-order valence-electron chi connectivity index (χ0n) is 13.6. The molecule has 0 aliphatic heterocycles. The standard InChI is InChI=1S/C16H29N3O/c1-6-15-10-14(12-17-7-2)11-16(18-15)19(5)8-9-20-13(3)4/h10-11,13,17H,6-9,12H2,1-5H3. The van der Waals surface area contributed by atoms with E-state index in [1.807, 2.05) is 0 Å². The van der Waals surface area contributed by atoms with Gasteiger partial charge in [0.05, 0.1) is 12.7 Å². The van der Waals surface area contributed by atoms with Crippen LogP contribution in [0.15, 0.2) is 12.1 Å². The Bertz CT molecular complexity index is 393. The molecule has 1 aromatic heterocycles. The van der Waals surface area contributed by atoms with E-state index in [2.05, 4.69) is 57.1 Å². The summed E-state index contributed by atoms with van der Waals surface area (Å²) in [7, 11) is 2.07. The first-order valence-electron chi connectivity index (χ1n) is 7.60. The molecule has 0 bridgehead atoms. The van der Waals surface area contributed by atoms with E-state index in [9.17, 15) is 0 Å². The van der Waals surface area contributed by atoms with Crippen molar-refractivity contribution in [2.45, 2.75) is 46.8 Å². The van der Waals surface area contributed by atoms with Gasteiger partial charge in [0.15, 0.2) is 0 Å². The van der Waals surface area contributed by atoms with Gasteiger partial charge >= 0.3 is 0 Å². The Balaban J connectivity index is 2.70. The van der Waals surface area contributed by atoms with Crippen molar-refractivity contribution in [2.75, 3.05) is 31.6 Å². The van der Waals surface area contributed by atoms with Crippen LogP contribution in [0.25, 0.3) is 0 Å². The van der Waals surface area contributed by atoms with E-state index >= 15 is 0 Å². The quantitative estimate of drug-likeness (QED) is 0.754. The van der Waals surface area contributed by atoms with E-state index in [1.165, 1.54) is 5.56 Å². The van der Waals surface area contributed by atoms with Gasteiger partial charge < -0.3 is 15.0 Å². The summed E-state index contributed by atoms with van der Waals surface area (Å²) < 4.78 is 5.60. The number of anilines is 1. The highest BCUT2D eigenvalue weighted by atomic mass is 16.5. The minimum absolute atomic E-state index is 0.280. The molecule has 4 nitrogen and oxygen atoms in total. The third kappa shape index (κ3) is 5.88. The van der Waals surface area contributed by atoms with Gasteiger partial charge in [-0.1, -0.05) is 13.8 Å². The van der Waals surface area contributed by atoms with Crippen molar-refractivity contribution in [3.63, 3.8) is 0 Å². The van der Waals surface area contributed by atoms with Gasteiger partial charge in [-0.3, -0.25) is 0 Å². The van der Waals surface area contributed by atoms with Crippen molar-refractivity contribution in [3.05, 3.63) is 23.4 Å². The summed E-state index contributed by atoms with van der Waals surface area (Å²) in [4.78, 5) is 6.86. The molecule has 1 rings (SSSR count). The summed E-state index contributed by atoms with van der Waals surface area (Å²) in [6.07, 6.45) is 1.24. The van der Waals surface area contributed by atoms with E-state index < -0.39 is 0 Å². The van der Waals surface area contributed by atoms with Crippen LogP contribution in [0.5, 0.6) is 0 Å². The van der Waals surface area contributed by atoms with E-state index in [0.29, 0.717) is 0 Å². The van der Waals surface area contributed by atoms with Crippen molar-refractivity contribution in [1.82, 2.24) is 10.3 Å². The average molecular weight is 279 g/mol. The normalized spacial score (nSPS) is 11.1. The van der Waals surface area contributed by atoms with Crippen LogP contribution in [0.2, 0.25) is 0 Å². The van der Waals surface area contributed by atoms with E-state index in [0.717, 1.165) is 44.2 Å². The lowest BCUT2D eigenvalue weighted by molar-refractivity contribution is 0.0845. The minimum Gasteiger partial charge on any atom is -0.377 e. The van der Waals surface area contributed by atoms with Crippen LogP contribution in [-0.4, -0.2) is 37.8 Å². The fourth-order valence-corrected chi connectivity index (χ4v) is 1.92. The number of likely N-dealkylation sites (N-methyl/N-ethyl adjacent to an activating group) is 1. The van der Waals surface area contributed by atoms with Crippen molar-refractivity contribution in [3.8, 4) is 0 Å². The molecule has 20 heavy (non-hydrogen) atoms. The molecule has 0 fully saturated rings. The number of hydrogen-bond acceptors (Lipinski definition) is 4. The molecule has 0 atom stereocenters. The minimum atomic E-state index is 0.280. The number of nitrogens with one attached hydrogen (secondary N) is 1. The highest BCUT2D eigenvalue weighted by molar-refractivity contribution is 5.42. The molecule has 1 heterocycles. The largest absolute Gasteiger partial charge is 0.377 e. The number of nitrogens with zero attached hydrogens (tertiary/aromatic N) is 2. The first-order chi connectivity index (χ1) is 9.56. The number of rotatable bonds is 9. The zero-order chi connectivity index (χ0) is 15.0. The molecular weight excluding hydrogens is 250 g/mol. The lowest BCUT2D eigenvalue weighted by Gasteiger charge is -2.20. The fourth-order valence-electron chi connectivity index (χ4n) is 1.92.